The fourth-order valence-electron chi connectivity index (χ4n) is 2.81. The van der Waals surface area contributed by atoms with Crippen LogP contribution < -0.4 is 5.73 Å². The minimum Gasteiger partial charge on any atom is -0.340 e. The van der Waals surface area contributed by atoms with E-state index in [-0.39, 0.29) is 11.9 Å². The van der Waals surface area contributed by atoms with Crippen molar-refractivity contribution in [3.8, 4) is 0 Å². The Hall–Kier alpha value is -1.44. The predicted octanol–water partition coefficient (Wildman–Crippen LogP) is 1.26. The van der Waals surface area contributed by atoms with Gasteiger partial charge in [-0.05, 0) is 44.4 Å². The topological polar surface area (TPSA) is 83.7 Å². The number of hydrogen-bond donors (Lipinski definition) is 1. The molecule has 0 radical (unpaired) electrons. The number of sulfonamides is 1. The van der Waals surface area contributed by atoms with Crippen molar-refractivity contribution in [2.75, 3.05) is 26.2 Å². The third-order valence-corrected chi connectivity index (χ3v) is 6.41. The average molecular weight is 353 g/mol. The summed E-state index contributed by atoms with van der Waals surface area (Å²) in [6.07, 6.45) is 1.07. The first kappa shape index (κ1) is 18.9. The Morgan fingerprint density at radius 1 is 1.21 bits per heavy atom. The highest BCUT2D eigenvalue weighted by Gasteiger charge is 2.30. The van der Waals surface area contributed by atoms with Crippen LogP contribution in [0.4, 0.5) is 0 Å². The maximum atomic E-state index is 12.9. The molecular weight excluding hydrogens is 326 g/mol. The molecule has 0 aromatic heterocycles. The van der Waals surface area contributed by atoms with Gasteiger partial charge in [0.25, 0.3) is 0 Å². The van der Waals surface area contributed by atoms with E-state index in [9.17, 15) is 13.2 Å². The first-order valence-electron chi connectivity index (χ1n) is 8.32. The predicted molar refractivity (Wildman–Crippen MR) is 94.1 cm³/mol. The van der Waals surface area contributed by atoms with Crippen molar-refractivity contribution < 1.29 is 13.2 Å². The SMILES string of the molecule is Cc1ccc(C)c(S(=O)(=O)N2CCN(C(=O)CCC(C)N)CC2)c1. The molecule has 1 aliphatic heterocycles. The summed E-state index contributed by atoms with van der Waals surface area (Å²) >= 11 is 0. The number of hydrogen-bond acceptors (Lipinski definition) is 4. The lowest BCUT2D eigenvalue weighted by Gasteiger charge is -2.34. The van der Waals surface area contributed by atoms with Crippen LogP contribution in [0.1, 0.15) is 30.9 Å². The highest BCUT2D eigenvalue weighted by molar-refractivity contribution is 7.89. The summed E-state index contributed by atoms with van der Waals surface area (Å²) in [5.74, 6) is 0.0519. The zero-order chi connectivity index (χ0) is 17.9. The second-order valence-corrected chi connectivity index (χ2v) is 8.48. The molecular formula is C17H27N3O3S. The minimum atomic E-state index is -3.51. The molecule has 1 aliphatic rings. The highest BCUT2D eigenvalue weighted by atomic mass is 32.2. The Bertz CT molecular complexity index is 693. The lowest BCUT2D eigenvalue weighted by molar-refractivity contribution is -0.132. The number of carbonyl (C=O) groups excluding carboxylic acids is 1. The van der Waals surface area contributed by atoms with Gasteiger partial charge in [0, 0.05) is 38.6 Å². The molecule has 0 spiro atoms. The standard InChI is InChI=1S/C17H27N3O3S/c1-13-4-5-14(2)16(12-13)24(22,23)20-10-8-19(9-11-20)17(21)7-6-15(3)18/h4-5,12,15H,6-11,18H2,1-3H3. The van der Waals surface area contributed by atoms with Crippen LogP contribution in [0, 0.1) is 13.8 Å². The molecule has 0 saturated carbocycles. The van der Waals surface area contributed by atoms with E-state index in [1.807, 2.05) is 26.0 Å². The largest absolute Gasteiger partial charge is 0.340 e. The van der Waals surface area contributed by atoms with Gasteiger partial charge in [0.15, 0.2) is 0 Å². The van der Waals surface area contributed by atoms with Crippen LogP contribution in [0.15, 0.2) is 23.1 Å². The lowest BCUT2D eigenvalue weighted by Crippen LogP contribution is -2.50. The molecule has 1 aromatic carbocycles. The molecule has 24 heavy (non-hydrogen) atoms. The summed E-state index contributed by atoms with van der Waals surface area (Å²) in [5.41, 5.74) is 7.35. The van der Waals surface area contributed by atoms with Gasteiger partial charge in [-0.1, -0.05) is 12.1 Å². The van der Waals surface area contributed by atoms with Gasteiger partial charge in [0.2, 0.25) is 15.9 Å². The van der Waals surface area contributed by atoms with Crippen molar-refractivity contribution in [3.63, 3.8) is 0 Å². The molecule has 2 rings (SSSR count). The van der Waals surface area contributed by atoms with Gasteiger partial charge >= 0.3 is 0 Å². The summed E-state index contributed by atoms with van der Waals surface area (Å²) < 4.78 is 27.2. The fourth-order valence-corrected chi connectivity index (χ4v) is 4.54. The number of benzene rings is 1. The fraction of sp³-hybridized carbons (Fsp3) is 0.588. The number of piperazine rings is 1. The number of aryl methyl sites for hydroxylation is 2. The summed E-state index contributed by atoms with van der Waals surface area (Å²) in [6, 6.07) is 5.45. The van der Waals surface area contributed by atoms with Gasteiger partial charge in [0.05, 0.1) is 4.90 Å². The molecule has 2 N–H and O–H groups in total. The zero-order valence-electron chi connectivity index (χ0n) is 14.7. The molecule has 134 valence electrons. The number of amides is 1. The molecule has 1 unspecified atom stereocenters. The van der Waals surface area contributed by atoms with E-state index < -0.39 is 10.0 Å². The summed E-state index contributed by atoms with van der Waals surface area (Å²) in [4.78, 5) is 14.2. The van der Waals surface area contributed by atoms with Crippen molar-refractivity contribution in [1.29, 1.82) is 0 Å². The van der Waals surface area contributed by atoms with E-state index in [0.717, 1.165) is 11.1 Å². The first-order valence-corrected chi connectivity index (χ1v) is 9.76. The van der Waals surface area contributed by atoms with E-state index >= 15 is 0 Å². The van der Waals surface area contributed by atoms with E-state index in [2.05, 4.69) is 0 Å². The smallest absolute Gasteiger partial charge is 0.243 e. The third kappa shape index (κ3) is 4.34. The number of rotatable bonds is 5. The molecule has 0 bridgehead atoms. The Morgan fingerprint density at radius 3 is 2.42 bits per heavy atom. The normalized spacial score (nSPS) is 17.8. The van der Waals surface area contributed by atoms with Crippen LogP contribution in [0.2, 0.25) is 0 Å². The molecule has 1 aromatic rings. The van der Waals surface area contributed by atoms with Crippen molar-refractivity contribution in [3.05, 3.63) is 29.3 Å². The van der Waals surface area contributed by atoms with Crippen LogP contribution in [-0.2, 0) is 14.8 Å². The van der Waals surface area contributed by atoms with Crippen molar-refractivity contribution in [2.45, 2.75) is 44.6 Å². The monoisotopic (exact) mass is 353 g/mol. The van der Waals surface area contributed by atoms with Gasteiger partial charge in [0.1, 0.15) is 0 Å². The van der Waals surface area contributed by atoms with Crippen molar-refractivity contribution in [1.82, 2.24) is 9.21 Å². The Balaban J connectivity index is 2.03. The Morgan fingerprint density at radius 2 is 1.83 bits per heavy atom. The van der Waals surface area contributed by atoms with Gasteiger partial charge in [-0.25, -0.2) is 8.42 Å². The Kier molecular flexibility index (Phi) is 6.01. The van der Waals surface area contributed by atoms with E-state index in [1.54, 1.807) is 17.9 Å². The molecule has 7 heteroatoms. The van der Waals surface area contributed by atoms with Gasteiger partial charge in [-0.2, -0.15) is 4.31 Å². The van der Waals surface area contributed by atoms with Gasteiger partial charge < -0.3 is 10.6 Å². The van der Waals surface area contributed by atoms with Crippen molar-refractivity contribution in [2.24, 2.45) is 5.73 Å². The van der Waals surface area contributed by atoms with E-state index in [1.165, 1.54) is 4.31 Å². The van der Waals surface area contributed by atoms with Crippen LogP contribution >= 0.6 is 0 Å². The molecule has 1 saturated heterocycles. The van der Waals surface area contributed by atoms with E-state index in [0.29, 0.717) is 43.9 Å². The highest BCUT2D eigenvalue weighted by Crippen LogP contribution is 2.22. The second-order valence-electron chi connectivity index (χ2n) is 6.57. The maximum absolute atomic E-state index is 12.9. The van der Waals surface area contributed by atoms with Crippen LogP contribution in [0.25, 0.3) is 0 Å². The van der Waals surface area contributed by atoms with Crippen LogP contribution in [0.5, 0.6) is 0 Å². The molecule has 1 atom stereocenters. The summed E-state index contributed by atoms with van der Waals surface area (Å²) in [5, 5.41) is 0. The minimum absolute atomic E-state index is 0.0000812. The molecule has 6 nitrogen and oxygen atoms in total. The molecule has 1 amide bonds. The summed E-state index contributed by atoms with van der Waals surface area (Å²) in [7, 11) is -3.51. The second kappa shape index (κ2) is 7.63. The van der Waals surface area contributed by atoms with Gasteiger partial charge in [-0.15, -0.1) is 0 Å². The number of nitrogens with two attached hydrogens (primary N) is 1. The molecule has 1 fully saturated rings. The van der Waals surface area contributed by atoms with Crippen LogP contribution in [0.3, 0.4) is 0 Å². The molecule has 1 heterocycles. The zero-order valence-corrected chi connectivity index (χ0v) is 15.5. The number of carbonyl (C=O) groups is 1. The summed E-state index contributed by atoms with van der Waals surface area (Å²) in [6.45, 7) is 7.10. The Labute approximate surface area is 144 Å². The lowest BCUT2D eigenvalue weighted by atomic mass is 10.2. The van der Waals surface area contributed by atoms with Crippen molar-refractivity contribution >= 4 is 15.9 Å². The number of nitrogens with zero attached hydrogens (tertiary/aromatic N) is 2. The average Bonchev–Trinajstić information content (AvgIpc) is 2.54. The third-order valence-electron chi connectivity index (χ3n) is 4.37. The first-order chi connectivity index (χ1) is 11.2. The maximum Gasteiger partial charge on any atom is 0.243 e. The molecule has 0 aliphatic carbocycles. The quantitative estimate of drug-likeness (QED) is 0.864. The van der Waals surface area contributed by atoms with E-state index in [4.69, 9.17) is 5.73 Å². The van der Waals surface area contributed by atoms with Gasteiger partial charge in [-0.3, -0.25) is 4.79 Å². The van der Waals surface area contributed by atoms with Crippen LogP contribution in [-0.4, -0.2) is 55.8 Å².